The van der Waals surface area contributed by atoms with Crippen molar-refractivity contribution >= 4 is 44.4 Å². The molecular weight excluding hydrogens is 392 g/mol. The zero-order valence-corrected chi connectivity index (χ0v) is 17.2. The molecule has 2 aliphatic rings. The third-order valence-electron chi connectivity index (χ3n) is 5.26. The number of imide groups is 1. The molecule has 0 radical (unpaired) electrons. The van der Waals surface area contributed by atoms with Gasteiger partial charge in [0.1, 0.15) is 6.54 Å². The number of aromatic nitrogens is 1. The summed E-state index contributed by atoms with van der Waals surface area (Å²) in [5, 5.41) is 0.600. The first-order valence-electron chi connectivity index (χ1n) is 9.82. The Labute approximate surface area is 173 Å². The minimum atomic E-state index is -0.281. The summed E-state index contributed by atoms with van der Waals surface area (Å²) in [6, 6.07) is 5.99. The van der Waals surface area contributed by atoms with Crippen molar-refractivity contribution in [3.05, 3.63) is 23.8 Å². The van der Waals surface area contributed by atoms with E-state index in [9.17, 15) is 14.4 Å². The third-order valence-corrected chi connectivity index (χ3v) is 6.30. The zero-order chi connectivity index (χ0) is 20.4. The van der Waals surface area contributed by atoms with Crippen LogP contribution in [0.2, 0.25) is 0 Å². The second kappa shape index (κ2) is 8.56. The smallest absolute Gasteiger partial charge is 0.248 e. The van der Waals surface area contributed by atoms with E-state index in [-0.39, 0.29) is 37.1 Å². The Bertz CT molecular complexity index is 922. The summed E-state index contributed by atoms with van der Waals surface area (Å²) < 4.78 is 6.40. The number of carbonyl (C=O) groups is 3. The van der Waals surface area contributed by atoms with Gasteiger partial charge in [0.25, 0.3) is 0 Å². The third kappa shape index (κ3) is 4.47. The fraction of sp³-hybridized carbons (Fsp3) is 0.500. The normalized spacial score (nSPS) is 18.0. The number of hydrogen-bond acceptors (Lipinski definition) is 7. The van der Waals surface area contributed by atoms with Gasteiger partial charge in [-0.25, -0.2) is 4.98 Å². The van der Waals surface area contributed by atoms with Crippen LogP contribution < -0.4 is 4.90 Å². The highest BCUT2D eigenvalue weighted by Crippen LogP contribution is 2.30. The SMILES string of the molecule is Cc1ccc2nc(N(CCN3CCOCC3)C(=O)CN3C(=O)CCC3=O)sc2c1. The molecule has 2 aromatic rings. The van der Waals surface area contributed by atoms with E-state index in [0.29, 0.717) is 31.4 Å². The Kier molecular flexibility index (Phi) is 5.89. The predicted molar refractivity (Wildman–Crippen MR) is 110 cm³/mol. The second-order valence-corrected chi connectivity index (χ2v) is 8.35. The van der Waals surface area contributed by atoms with Crippen molar-refractivity contribution in [1.82, 2.24) is 14.8 Å². The summed E-state index contributed by atoms with van der Waals surface area (Å²) in [6.07, 6.45) is 0.362. The van der Waals surface area contributed by atoms with Crippen LogP contribution in [-0.4, -0.2) is 78.4 Å². The number of hydrogen-bond donors (Lipinski definition) is 0. The molecule has 2 saturated heterocycles. The molecule has 2 aliphatic heterocycles. The first-order valence-corrected chi connectivity index (χ1v) is 10.6. The van der Waals surface area contributed by atoms with E-state index in [4.69, 9.17) is 4.74 Å². The molecule has 0 atom stereocenters. The van der Waals surface area contributed by atoms with Crippen molar-refractivity contribution in [1.29, 1.82) is 0 Å². The minimum absolute atomic E-state index is 0.181. The fourth-order valence-corrected chi connectivity index (χ4v) is 4.66. The van der Waals surface area contributed by atoms with Gasteiger partial charge in [-0.2, -0.15) is 0 Å². The van der Waals surface area contributed by atoms with E-state index in [2.05, 4.69) is 16.0 Å². The molecule has 154 valence electrons. The van der Waals surface area contributed by atoms with E-state index in [1.165, 1.54) is 11.3 Å². The molecule has 0 saturated carbocycles. The van der Waals surface area contributed by atoms with E-state index in [1.54, 1.807) is 4.90 Å². The van der Waals surface area contributed by atoms with Crippen LogP contribution in [0.4, 0.5) is 5.13 Å². The highest BCUT2D eigenvalue weighted by molar-refractivity contribution is 7.22. The molecule has 4 rings (SSSR count). The van der Waals surface area contributed by atoms with Gasteiger partial charge in [-0.3, -0.25) is 29.1 Å². The molecular formula is C20H24N4O4S. The molecule has 0 spiro atoms. The Morgan fingerprint density at radius 2 is 1.93 bits per heavy atom. The van der Waals surface area contributed by atoms with E-state index in [0.717, 1.165) is 33.8 Å². The molecule has 0 N–H and O–H groups in total. The molecule has 0 bridgehead atoms. The summed E-state index contributed by atoms with van der Waals surface area (Å²) >= 11 is 1.46. The van der Waals surface area contributed by atoms with Crippen molar-refractivity contribution in [2.75, 3.05) is 50.8 Å². The van der Waals surface area contributed by atoms with E-state index < -0.39 is 0 Å². The molecule has 3 amide bonds. The van der Waals surface area contributed by atoms with Gasteiger partial charge in [-0.05, 0) is 24.6 Å². The van der Waals surface area contributed by atoms with Crippen LogP contribution in [0.15, 0.2) is 18.2 Å². The Morgan fingerprint density at radius 1 is 1.21 bits per heavy atom. The van der Waals surface area contributed by atoms with Gasteiger partial charge >= 0.3 is 0 Å². The highest BCUT2D eigenvalue weighted by atomic mass is 32.1. The van der Waals surface area contributed by atoms with Gasteiger partial charge in [-0.15, -0.1) is 0 Å². The van der Waals surface area contributed by atoms with E-state index >= 15 is 0 Å². The van der Waals surface area contributed by atoms with Gasteiger partial charge < -0.3 is 4.74 Å². The maximum absolute atomic E-state index is 13.1. The van der Waals surface area contributed by atoms with Gasteiger partial charge in [-0.1, -0.05) is 17.4 Å². The van der Waals surface area contributed by atoms with Crippen molar-refractivity contribution in [3.63, 3.8) is 0 Å². The van der Waals surface area contributed by atoms with Gasteiger partial charge in [0.2, 0.25) is 17.7 Å². The van der Waals surface area contributed by atoms with Crippen LogP contribution in [0.5, 0.6) is 0 Å². The molecule has 29 heavy (non-hydrogen) atoms. The lowest BCUT2D eigenvalue weighted by molar-refractivity contribution is -0.141. The van der Waals surface area contributed by atoms with Crippen LogP contribution in [-0.2, 0) is 19.1 Å². The number of benzene rings is 1. The average molecular weight is 417 g/mol. The molecule has 9 heteroatoms. The average Bonchev–Trinajstić information content (AvgIpc) is 3.26. The Morgan fingerprint density at radius 3 is 2.66 bits per heavy atom. The van der Waals surface area contributed by atoms with Crippen LogP contribution in [0.1, 0.15) is 18.4 Å². The van der Waals surface area contributed by atoms with Gasteiger partial charge in [0, 0.05) is 39.0 Å². The summed E-state index contributed by atoms with van der Waals surface area (Å²) in [4.78, 5) is 46.6. The largest absolute Gasteiger partial charge is 0.379 e. The lowest BCUT2D eigenvalue weighted by atomic mass is 10.2. The molecule has 8 nitrogen and oxygen atoms in total. The number of likely N-dealkylation sites (tertiary alicyclic amines) is 1. The van der Waals surface area contributed by atoms with Crippen molar-refractivity contribution in [2.45, 2.75) is 19.8 Å². The molecule has 1 aromatic carbocycles. The maximum atomic E-state index is 13.1. The van der Waals surface area contributed by atoms with Crippen molar-refractivity contribution < 1.29 is 19.1 Å². The molecule has 2 fully saturated rings. The van der Waals surface area contributed by atoms with Crippen molar-refractivity contribution in [2.24, 2.45) is 0 Å². The van der Waals surface area contributed by atoms with Gasteiger partial charge in [0.15, 0.2) is 5.13 Å². The van der Waals surface area contributed by atoms with Crippen LogP contribution >= 0.6 is 11.3 Å². The topological polar surface area (TPSA) is 83.1 Å². The number of thiazole rings is 1. The standard InChI is InChI=1S/C20H24N4O4S/c1-14-2-3-15-16(12-14)29-20(21-15)23(7-6-22-8-10-28-11-9-22)19(27)13-24-17(25)4-5-18(24)26/h2-3,12H,4-11,13H2,1H3. The molecule has 3 heterocycles. The maximum Gasteiger partial charge on any atom is 0.248 e. The number of rotatable bonds is 6. The number of anilines is 1. The van der Waals surface area contributed by atoms with Crippen molar-refractivity contribution in [3.8, 4) is 0 Å². The van der Waals surface area contributed by atoms with E-state index in [1.807, 2.05) is 19.1 Å². The molecule has 1 aromatic heterocycles. The minimum Gasteiger partial charge on any atom is -0.379 e. The van der Waals surface area contributed by atoms with Crippen LogP contribution in [0.3, 0.4) is 0 Å². The number of carbonyl (C=O) groups excluding carboxylic acids is 3. The molecule has 0 aliphatic carbocycles. The number of ether oxygens (including phenoxy) is 1. The lowest BCUT2D eigenvalue weighted by Crippen LogP contribution is -2.47. The lowest BCUT2D eigenvalue weighted by Gasteiger charge is -2.29. The Balaban J connectivity index is 1.55. The first kappa shape index (κ1) is 19.9. The van der Waals surface area contributed by atoms with Crippen LogP contribution in [0, 0.1) is 6.92 Å². The quantitative estimate of drug-likeness (QED) is 0.663. The second-order valence-electron chi connectivity index (χ2n) is 7.34. The number of morpholine rings is 1. The van der Waals surface area contributed by atoms with Gasteiger partial charge in [0.05, 0.1) is 23.4 Å². The monoisotopic (exact) mass is 416 g/mol. The summed E-state index contributed by atoms with van der Waals surface area (Å²) in [5.41, 5.74) is 1.97. The number of fused-ring (bicyclic) bond motifs is 1. The predicted octanol–water partition coefficient (Wildman–Crippen LogP) is 1.42. The molecule has 0 unspecified atom stereocenters. The van der Waals surface area contributed by atoms with Crippen LogP contribution in [0.25, 0.3) is 10.2 Å². The highest BCUT2D eigenvalue weighted by Gasteiger charge is 2.33. The summed E-state index contributed by atoms with van der Waals surface area (Å²) in [6.45, 7) is 5.95. The first-order chi connectivity index (χ1) is 14.0. The number of aryl methyl sites for hydroxylation is 1. The summed E-state index contributed by atoms with van der Waals surface area (Å²) in [7, 11) is 0. The zero-order valence-electron chi connectivity index (χ0n) is 16.4. The fourth-order valence-electron chi connectivity index (χ4n) is 3.55. The summed E-state index contributed by atoms with van der Waals surface area (Å²) in [5.74, 6) is -0.842. The number of nitrogens with zero attached hydrogens (tertiary/aromatic N) is 4. The Hall–Kier alpha value is -2.36. The number of amides is 3.